The molecule has 0 fully saturated rings. The van der Waals surface area contributed by atoms with Crippen molar-refractivity contribution in [3.8, 4) is 0 Å². The quantitative estimate of drug-likeness (QED) is 0.713. The van der Waals surface area contributed by atoms with Crippen LogP contribution in [0.3, 0.4) is 0 Å². The summed E-state index contributed by atoms with van der Waals surface area (Å²) in [4.78, 5) is 26.4. The molecular formula is C11H15N3O4. The molecule has 7 nitrogen and oxygen atoms in total. The molecular weight excluding hydrogens is 238 g/mol. The first kappa shape index (κ1) is 13.9. The van der Waals surface area contributed by atoms with Gasteiger partial charge in [0.15, 0.2) is 6.04 Å². The van der Waals surface area contributed by atoms with E-state index in [1.165, 1.54) is 7.11 Å². The minimum atomic E-state index is -1.16. The number of hydrogen-bond donors (Lipinski definition) is 3. The maximum atomic E-state index is 11.6. The van der Waals surface area contributed by atoms with Gasteiger partial charge in [0.1, 0.15) is 0 Å². The molecule has 0 spiro atoms. The highest BCUT2D eigenvalue weighted by Crippen LogP contribution is 2.09. The number of nitrogens with zero attached hydrogens (tertiary/aromatic N) is 1. The Hall–Kier alpha value is -2.15. The van der Waals surface area contributed by atoms with Gasteiger partial charge in [-0.25, -0.2) is 9.59 Å². The van der Waals surface area contributed by atoms with Crippen LogP contribution in [0.4, 0.5) is 10.5 Å². The lowest BCUT2D eigenvalue weighted by molar-refractivity contribution is -0.140. The Labute approximate surface area is 104 Å². The van der Waals surface area contributed by atoms with E-state index in [9.17, 15) is 9.59 Å². The van der Waals surface area contributed by atoms with Crippen molar-refractivity contribution < 1.29 is 19.4 Å². The van der Waals surface area contributed by atoms with E-state index in [2.05, 4.69) is 15.6 Å². The van der Waals surface area contributed by atoms with Crippen LogP contribution in [0, 0.1) is 6.92 Å². The van der Waals surface area contributed by atoms with Crippen LogP contribution < -0.4 is 10.6 Å². The molecule has 0 aliphatic heterocycles. The molecule has 0 aliphatic rings. The van der Waals surface area contributed by atoms with Crippen LogP contribution in [-0.4, -0.2) is 41.8 Å². The van der Waals surface area contributed by atoms with Gasteiger partial charge in [-0.15, -0.1) is 0 Å². The van der Waals surface area contributed by atoms with E-state index < -0.39 is 18.0 Å². The molecule has 0 aliphatic carbocycles. The van der Waals surface area contributed by atoms with Crippen molar-refractivity contribution in [2.75, 3.05) is 19.0 Å². The highest BCUT2D eigenvalue weighted by Gasteiger charge is 2.19. The highest BCUT2D eigenvalue weighted by atomic mass is 16.5. The molecule has 1 unspecified atom stereocenters. The first-order valence-electron chi connectivity index (χ1n) is 5.25. The third-order valence-corrected chi connectivity index (χ3v) is 2.19. The summed E-state index contributed by atoms with van der Waals surface area (Å²) < 4.78 is 4.70. The Bertz CT molecular complexity index is 436. The Morgan fingerprint density at radius 2 is 2.28 bits per heavy atom. The van der Waals surface area contributed by atoms with E-state index in [0.717, 1.165) is 0 Å². The number of rotatable bonds is 5. The Morgan fingerprint density at radius 1 is 1.56 bits per heavy atom. The van der Waals surface area contributed by atoms with E-state index in [1.807, 2.05) is 0 Å². The van der Waals surface area contributed by atoms with Gasteiger partial charge >= 0.3 is 12.0 Å². The van der Waals surface area contributed by atoms with Crippen molar-refractivity contribution in [1.82, 2.24) is 10.3 Å². The number of anilines is 1. The molecule has 1 aromatic heterocycles. The summed E-state index contributed by atoms with van der Waals surface area (Å²) in [5.74, 6) is -1.16. The lowest BCUT2D eigenvalue weighted by Gasteiger charge is -2.14. The summed E-state index contributed by atoms with van der Waals surface area (Å²) in [5, 5.41) is 13.7. The lowest BCUT2D eigenvalue weighted by atomic mass is 10.3. The van der Waals surface area contributed by atoms with Crippen molar-refractivity contribution in [2.24, 2.45) is 0 Å². The van der Waals surface area contributed by atoms with Crippen LogP contribution in [0.5, 0.6) is 0 Å². The minimum absolute atomic E-state index is 0.102. The summed E-state index contributed by atoms with van der Waals surface area (Å²) in [6.45, 7) is 1.63. The molecule has 0 saturated carbocycles. The van der Waals surface area contributed by atoms with Crippen molar-refractivity contribution in [3.63, 3.8) is 0 Å². The predicted molar refractivity (Wildman–Crippen MR) is 64.4 cm³/mol. The number of carbonyl (C=O) groups is 2. The van der Waals surface area contributed by atoms with Crippen LogP contribution >= 0.6 is 0 Å². The van der Waals surface area contributed by atoms with Gasteiger partial charge in [-0.1, -0.05) is 0 Å². The standard InChI is InChI=1S/C11H15N3O4/c1-7-8(4-3-5-12-7)13-11(17)14-9(6-18-2)10(15)16/h3-5,9H,6H2,1-2H3,(H,15,16)(H2,13,14,17). The number of nitrogens with one attached hydrogen (secondary N) is 2. The fourth-order valence-corrected chi connectivity index (χ4v) is 1.27. The summed E-state index contributed by atoms with van der Waals surface area (Å²) in [6.07, 6.45) is 1.60. The molecule has 1 aromatic rings. The van der Waals surface area contributed by atoms with Crippen molar-refractivity contribution >= 4 is 17.7 Å². The summed E-state index contributed by atoms with van der Waals surface area (Å²) in [7, 11) is 1.36. The van der Waals surface area contributed by atoms with Gasteiger partial charge in [-0.05, 0) is 19.1 Å². The molecule has 18 heavy (non-hydrogen) atoms. The van der Waals surface area contributed by atoms with Crippen molar-refractivity contribution in [1.29, 1.82) is 0 Å². The number of carboxylic acid groups (broad SMARTS) is 1. The number of aryl methyl sites for hydroxylation is 1. The van der Waals surface area contributed by atoms with Crippen molar-refractivity contribution in [3.05, 3.63) is 24.0 Å². The fourth-order valence-electron chi connectivity index (χ4n) is 1.27. The Kier molecular flexibility index (Phi) is 5.06. The van der Waals surface area contributed by atoms with E-state index in [0.29, 0.717) is 11.4 Å². The van der Waals surface area contributed by atoms with Crippen LogP contribution in [0.2, 0.25) is 0 Å². The topological polar surface area (TPSA) is 101 Å². The molecule has 7 heteroatoms. The number of carbonyl (C=O) groups excluding carboxylic acids is 1. The molecule has 2 amide bonds. The van der Waals surface area contributed by atoms with Crippen molar-refractivity contribution in [2.45, 2.75) is 13.0 Å². The largest absolute Gasteiger partial charge is 0.480 e. The molecule has 0 bridgehead atoms. The number of ether oxygens (including phenoxy) is 1. The maximum Gasteiger partial charge on any atom is 0.328 e. The molecule has 1 rings (SSSR count). The zero-order valence-corrected chi connectivity index (χ0v) is 10.1. The molecule has 1 atom stereocenters. The Balaban J connectivity index is 2.61. The van der Waals surface area contributed by atoms with E-state index in [-0.39, 0.29) is 6.61 Å². The molecule has 98 valence electrons. The van der Waals surface area contributed by atoms with Gasteiger partial charge in [0.25, 0.3) is 0 Å². The predicted octanol–water partition coefficient (Wildman–Crippen LogP) is 0.611. The zero-order valence-electron chi connectivity index (χ0n) is 10.1. The second kappa shape index (κ2) is 6.55. The molecule has 0 aromatic carbocycles. The summed E-state index contributed by atoms with van der Waals surface area (Å²) in [6, 6.07) is 1.64. The number of hydrogen-bond acceptors (Lipinski definition) is 4. The van der Waals surface area contributed by atoms with Gasteiger partial charge in [0.2, 0.25) is 0 Å². The van der Waals surface area contributed by atoms with Crippen LogP contribution in [0.25, 0.3) is 0 Å². The number of pyridine rings is 1. The second-order valence-corrected chi connectivity index (χ2v) is 3.58. The summed E-state index contributed by atoms with van der Waals surface area (Å²) >= 11 is 0. The van der Waals surface area contributed by atoms with E-state index in [4.69, 9.17) is 9.84 Å². The first-order valence-corrected chi connectivity index (χ1v) is 5.25. The van der Waals surface area contributed by atoms with E-state index in [1.54, 1.807) is 25.3 Å². The third-order valence-electron chi connectivity index (χ3n) is 2.19. The number of carboxylic acids is 1. The second-order valence-electron chi connectivity index (χ2n) is 3.58. The summed E-state index contributed by atoms with van der Waals surface area (Å²) in [5.41, 5.74) is 1.17. The third kappa shape index (κ3) is 4.02. The van der Waals surface area contributed by atoms with Crippen LogP contribution in [-0.2, 0) is 9.53 Å². The van der Waals surface area contributed by atoms with Gasteiger partial charge in [0, 0.05) is 13.3 Å². The zero-order chi connectivity index (χ0) is 13.5. The number of methoxy groups -OCH3 is 1. The Morgan fingerprint density at radius 3 is 2.83 bits per heavy atom. The molecule has 3 N–H and O–H groups in total. The normalized spacial score (nSPS) is 11.7. The fraction of sp³-hybridized carbons (Fsp3) is 0.364. The lowest BCUT2D eigenvalue weighted by Crippen LogP contribution is -2.45. The minimum Gasteiger partial charge on any atom is -0.480 e. The number of aliphatic carboxylic acids is 1. The molecule has 0 saturated heterocycles. The van der Waals surface area contributed by atoms with Gasteiger partial charge < -0.3 is 20.5 Å². The molecule has 1 heterocycles. The van der Waals surface area contributed by atoms with Gasteiger partial charge in [0.05, 0.1) is 18.0 Å². The maximum absolute atomic E-state index is 11.6. The SMILES string of the molecule is COCC(NC(=O)Nc1cccnc1C)C(=O)O. The van der Waals surface area contributed by atoms with Crippen LogP contribution in [0.1, 0.15) is 5.69 Å². The average Bonchev–Trinajstić information content (AvgIpc) is 2.31. The van der Waals surface area contributed by atoms with Gasteiger partial charge in [-0.2, -0.15) is 0 Å². The first-order chi connectivity index (χ1) is 8.54. The smallest absolute Gasteiger partial charge is 0.328 e. The monoisotopic (exact) mass is 253 g/mol. The molecule has 0 radical (unpaired) electrons. The number of urea groups is 1. The van der Waals surface area contributed by atoms with E-state index >= 15 is 0 Å². The number of amides is 2. The highest BCUT2D eigenvalue weighted by molar-refractivity contribution is 5.92. The average molecular weight is 253 g/mol. The van der Waals surface area contributed by atoms with Crippen LogP contribution in [0.15, 0.2) is 18.3 Å². The number of aromatic nitrogens is 1. The van der Waals surface area contributed by atoms with Gasteiger partial charge in [-0.3, -0.25) is 4.98 Å².